The summed E-state index contributed by atoms with van der Waals surface area (Å²) in [5.41, 5.74) is 1.93. The third kappa shape index (κ3) is 4.10. The van der Waals surface area contributed by atoms with Crippen molar-refractivity contribution in [3.05, 3.63) is 52.6 Å². The zero-order chi connectivity index (χ0) is 19.5. The predicted octanol–water partition coefficient (Wildman–Crippen LogP) is 2.33. The largest absolute Gasteiger partial charge is 0.506 e. The molecule has 0 aliphatic carbocycles. The number of rotatable bonds is 5. The molecule has 1 saturated heterocycles. The minimum Gasteiger partial charge on any atom is -0.506 e. The van der Waals surface area contributed by atoms with Crippen LogP contribution in [-0.4, -0.2) is 62.4 Å². The van der Waals surface area contributed by atoms with Crippen LogP contribution in [0.5, 0.6) is 5.75 Å². The van der Waals surface area contributed by atoms with Crippen molar-refractivity contribution in [3.8, 4) is 16.9 Å². The molecule has 28 heavy (non-hydrogen) atoms. The van der Waals surface area contributed by atoms with Gasteiger partial charge < -0.3 is 15.1 Å². The Labute approximate surface area is 165 Å². The number of anilines is 1. The van der Waals surface area contributed by atoms with Crippen molar-refractivity contribution in [2.75, 3.05) is 31.1 Å². The third-order valence-electron chi connectivity index (χ3n) is 4.66. The van der Waals surface area contributed by atoms with Gasteiger partial charge in [-0.2, -0.15) is 0 Å². The van der Waals surface area contributed by atoms with E-state index in [1.54, 1.807) is 29.7 Å². The summed E-state index contributed by atoms with van der Waals surface area (Å²) in [5, 5.41) is 28.4. The summed E-state index contributed by atoms with van der Waals surface area (Å²) in [4.78, 5) is 20.7. The number of aromatic hydroxyl groups is 1. The van der Waals surface area contributed by atoms with E-state index in [0.29, 0.717) is 5.82 Å². The van der Waals surface area contributed by atoms with Gasteiger partial charge in [0, 0.05) is 49.4 Å². The van der Waals surface area contributed by atoms with Crippen molar-refractivity contribution in [1.29, 1.82) is 0 Å². The highest BCUT2D eigenvalue weighted by atomic mass is 32.1. The van der Waals surface area contributed by atoms with E-state index < -0.39 is 5.97 Å². The Hall–Kier alpha value is -3.04. The van der Waals surface area contributed by atoms with Gasteiger partial charge in [-0.1, -0.05) is 0 Å². The number of nitrogens with zero attached hydrogens (tertiary/aromatic N) is 5. The molecule has 144 valence electrons. The van der Waals surface area contributed by atoms with Crippen molar-refractivity contribution in [2.24, 2.45) is 0 Å². The van der Waals surface area contributed by atoms with Crippen molar-refractivity contribution in [1.82, 2.24) is 20.1 Å². The zero-order valence-electron chi connectivity index (χ0n) is 15.0. The van der Waals surface area contributed by atoms with Crippen LogP contribution < -0.4 is 4.90 Å². The van der Waals surface area contributed by atoms with E-state index in [-0.39, 0.29) is 11.4 Å². The number of thiophene rings is 1. The molecule has 0 atom stereocenters. The molecule has 4 rings (SSSR count). The molecule has 0 saturated carbocycles. The smallest absolute Gasteiger partial charge is 0.356 e. The van der Waals surface area contributed by atoms with Gasteiger partial charge in [-0.3, -0.25) is 9.88 Å². The number of piperazine rings is 1. The zero-order valence-corrected chi connectivity index (χ0v) is 15.8. The lowest BCUT2D eigenvalue weighted by molar-refractivity contribution is 0.0689. The monoisotopic (exact) mass is 397 g/mol. The number of hydrogen-bond acceptors (Lipinski definition) is 8. The summed E-state index contributed by atoms with van der Waals surface area (Å²) < 4.78 is 0. The summed E-state index contributed by atoms with van der Waals surface area (Å²) in [6, 6.07) is 7.05. The molecular formula is C19H19N5O3S. The number of carboxylic acids is 1. The summed E-state index contributed by atoms with van der Waals surface area (Å²) >= 11 is 1.70. The second-order valence-corrected chi connectivity index (χ2v) is 7.57. The average molecular weight is 397 g/mol. The van der Waals surface area contributed by atoms with Gasteiger partial charge in [0.15, 0.2) is 11.5 Å². The van der Waals surface area contributed by atoms with E-state index in [9.17, 15) is 9.90 Å². The summed E-state index contributed by atoms with van der Waals surface area (Å²) in [7, 11) is 0. The number of carbonyl (C=O) groups is 1. The molecule has 3 aromatic heterocycles. The molecule has 4 heterocycles. The van der Waals surface area contributed by atoms with Crippen molar-refractivity contribution in [3.63, 3.8) is 0 Å². The number of aromatic nitrogens is 3. The molecule has 2 N–H and O–H groups in total. The normalized spacial score (nSPS) is 14.9. The molecular weight excluding hydrogens is 378 g/mol. The molecule has 0 aromatic carbocycles. The van der Waals surface area contributed by atoms with Crippen LogP contribution in [0.25, 0.3) is 11.1 Å². The van der Waals surface area contributed by atoms with Gasteiger partial charge in [-0.25, -0.2) is 4.79 Å². The molecule has 0 spiro atoms. The second kappa shape index (κ2) is 7.91. The maximum atomic E-state index is 10.9. The lowest BCUT2D eigenvalue weighted by atomic mass is 10.1. The lowest BCUT2D eigenvalue weighted by Gasteiger charge is -2.34. The molecule has 1 aliphatic heterocycles. The summed E-state index contributed by atoms with van der Waals surface area (Å²) in [5.74, 6) is -0.194. The van der Waals surface area contributed by atoms with Crippen LogP contribution in [-0.2, 0) is 6.54 Å². The Bertz CT molecular complexity index is 968. The van der Waals surface area contributed by atoms with Gasteiger partial charge in [0.1, 0.15) is 5.75 Å². The van der Waals surface area contributed by atoms with Gasteiger partial charge >= 0.3 is 5.97 Å². The first-order valence-electron chi connectivity index (χ1n) is 8.84. The Morgan fingerprint density at radius 1 is 1.07 bits per heavy atom. The predicted molar refractivity (Wildman–Crippen MR) is 106 cm³/mol. The van der Waals surface area contributed by atoms with Crippen LogP contribution in [0.4, 0.5) is 5.82 Å². The van der Waals surface area contributed by atoms with Crippen LogP contribution in [0.2, 0.25) is 0 Å². The molecule has 0 bridgehead atoms. The van der Waals surface area contributed by atoms with E-state index in [2.05, 4.69) is 36.4 Å². The quantitative estimate of drug-likeness (QED) is 0.676. The second-order valence-electron chi connectivity index (χ2n) is 6.58. The Balaban J connectivity index is 1.34. The van der Waals surface area contributed by atoms with E-state index in [0.717, 1.165) is 43.9 Å². The first-order chi connectivity index (χ1) is 13.6. The van der Waals surface area contributed by atoms with Gasteiger partial charge in [0.05, 0.1) is 6.20 Å². The standard InChI is InChI=1S/C19H19N5O3S/c25-15-7-13(9-20-10-15)14-8-16(28-12-14)11-23-3-5-24(6-4-23)18-2-1-17(19(26)27)21-22-18/h1-2,7-10,12,25H,3-6,11H2,(H,26,27). The van der Waals surface area contributed by atoms with E-state index in [1.165, 1.54) is 17.1 Å². The average Bonchev–Trinajstić information content (AvgIpc) is 3.17. The van der Waals surface area contributed by atoms with Crippen molar-refractivity contribution >= 4 is 23.1 Å². The van der Waals surface area contributed by atoms with Crippen LogP contribution in [0.1, 0.15) is 15.4 Å². The highest BCUT2D eigenvalue weighted by Crippen LogP contribution is 2.28. The fraction of sp³-hybridized carbons (Fsp3) is 0.263. The number of carboxylic acid groups (broad SMARTS) is 1. The van der Waals surface area contributed by atoms with Gasteiger partial charge in [-0.15, -0.1) is 21.5 Å². The Morgan fingerprint density at radius 3 is 2.57 bits per heavy atom. The summed E-state index contributed by atoms with van der Waals surface area (Å²) in [6.45, 7) is 4.28. The third-order valence-corrected chi connectivity index (χ3v) is 5.58. The number of pyridine rings is 1. The molecule has 1 fully saturated rings. The molecule has 9 heteroatoms. The SMILES string of the molecule is O=C(O)c1ccc(N2CCN(Cc3cc(-c4cncc(O)c4)cs3)CC2)nn1. The Kier molecular flexibility index (Phi) is 5.18. The fourth-order valence-electron chi connectivity index (χ4n) is 3.16. The number of aromatic carboxylic acids is 1. The van der Waals surface area contributed by atoms with E-state index in [4.69, 9.17) is 5.11 Å². The maximum absolute atomic E-state index is 10.9. The first-order valence-corrected chi connectivity index (χ1v) is 9.72. The highest BCUT2D eigenvalue weighted by molar-refractivity contribution is 7.10. The molecule has 3 aromatic rings. The molecule has 0 radical (unpaired) electrons. The minimum atomic E-state index is -1.07. The highest BCUT2D eigenvalue weighted by Gasteiger charge is 2.19. The Morgan fingerprint density at radius 2 is 1.89 bits per heavy atom. The first kappa shape index (κ1) is 18.3. The molecule has 1 aliphatic rings. The molecule has 0 amide bonds. The maximum Gasteiger partial charge on any atom is 0.356 e. The lowest BCUT2D eigenvalue weighted by Crippen LogP contribution is -2.46. The number of hydrogen-bond donors (Lipinski definition) is 2. The summed E-state index contributed by atoms with van der Waals surface area (Å²) in [6.07, 6.45) is 3.18. The van der Waals surface area contributed by atoms with E-state index in [1.807, 2.05) is 0 Å². The van der Waals surface area contributed by atoms with Crippen LogP contribution in [0, 0.1) is 0 Å². The van der Waals surface area contributed by atoms with Crippen LogP contribution >= 0.6 is 11.3 Å². The van der Waals surface area contributed by atoms with Gasteiger partial charge in [-0.05, 0) is 35.2 Å². The molecule has 8 nitrogen and oxygen atoms in total. The minimum absolute atomic E-state index is 0.0437. The van der Waals surface area contributed by atoms with Gasteiger partial charge in [0.25, 0.3) is 0 Å². The van der Waals surface area contributed by atoms with E-state index >= 15 is 0 Å². The van der Waals surface area contributed by atoms with Crippen molar-refractivity contribution in [2.45, 2.75) is 6.54 Å². The fourth-order valence-corrected chi connectivity index (χ4v) is 4.10. The van der Waals surface area contributed by atoms with Crippen LogP contribution in [0.15, 0.2) is 42.0 Å². The van der Waals surface area contributed by atoms with Gasteiger partial charge in [0.2, 0.25) is 0 Å². The molecule has 0 unspecified atom stereocenters. The van der Waals surface area contributed by atoms with Crippen molar-refractivity contribution < 1.29 is 15.0 Å². The topological polar surface area (TPSA) is 103 Å². The van der Waals surface area contributed by atoms with Crippen LogP contribution in [0.3, 0.4) is 0 Å².